The lowest BCUT2D eigenvalue weighted by molar-refractivity contribution is -0.122. The summed E-state index contributed by atoms with van der Waals surface area (Å²) >= 11 is 0. The minimum Gasteiger partial charge on any atom is -0.362 e. The monoisotopic (exact) mass is 185 g/mol. The highest BCUT2D eigenvalue weighted by Crippen LogP contribution is 2.41. The van der Waals surface area contributed by atoms with Gasteiger partial charge in [-0.1, -0.05) is 0 Å². The summed E-state index contributed by atoms with van der Waals surface area (Å²) < 4.78 is 16.2. The molecule has 5 atom stereocenters. The van der Waals surface area contributed by atoms with Crippen molar-refractivity contribution in [3.05, 3.63) is 0 Å². The van der Waals surface area contributed by atoms with Gasteiger partial charge in [0.2, 0.25) is 5.91 Å². The molecule has 5 unspecified atom stereocenters. The molecule has 0 spiro atoms. The summed E-state index contributed by atoms with van der Waals surface area (Å²) in [4.78, 5) is 10.9. The van der Waals surface area contributed by atoms with Gasteiger partial charge in [-0.05, 0) is 0 Å². The molecule has 0 aliphatic carbocycles. The Bertz CT molecular complexity index is 257. The molecule has 0 aromatic carbocycles. The van der Waals surface area contributed by atoms with E-state index in [0.717, 1.165) is 0 Å². The number of ether oxygens (including phenoxy) is 3. The van der Waals surface area contributed by atoms with Gasteiger partial charge >= 0.3 is 0 Å². The fourth-order valence-electron chi connectivity index (χ4n) is 2.07. The standard InChI is InChI=1S/C8H11NO4/c1-3(10)9-5-4-2-11-8(12-4)7-6(5)13-7/h4-8H,2H2,1H3,(H,9,10). The van der Waals surface area contributed by atoms with E-state index < -0.39 is 0 Å². The number of rotatable bonds is 1. The Morgan fingerprint density at radius 3 is 3.00 bits per heavy atom. The number of nitrogens with one attached hydrogen (secondary N) is 1. The number of fused-ring (bicyclic) bond motifs is 4. The minimum atomic E-state index is -0.194. The highest BCUT2D eigenvalue weighted by Gasteiger charge is 2.61. The van der Waals surface area contributed by atoms with E-state index in [9.17, 15) is 4.79 Å². The van der Waals surface area contributed by atoms with Crippen LogP contribution in [0.3, 0.4) is 0 Å². The molecule has 1 N–H and O–H groups in total. The van der Waals surface area contributed by atoms with Crippen LogP contribution in [0.2, 0.25) is 0 Å². The summed E-state index contributed by atoms with van der Waals surface area (Å²) in [5.74, 6) is -0.0480. The molecule has 0 radical (unpaired) electrons. The maximum atomic E-state index is 10.9. The van der Waals surface area contributed by atoms with Crippen LogP contribution in [0.1, 0.15) is 6.92 Å². The maximum absolute atomic E-state index is 10.9. The van der Waals surface area contributed by atoms with E-state index in [1.807, 2.05) is 0 Å². The Morgan fingerprint density at radius 1 is 1.38 bits per heavy atom. The van der Waals surface area contributed by atoms with Crippen LogP contribution in [-0.4, -0.2) is 43.2 Å². The zero-order valence-electron chi connectivity index (χ0n) is 7.23. The van der Waals surface area contributed by atoms with Crippen LogP contribution in [0.5, 0.6) is 0 Å². The lowest BCUT2D eigenvalue weighted by Gasteiger charge is -2.24. The first kappa shape index (κ1) is 7.73. The summed E-state index contributed by atoms with van der Waals surface area (Å²) in [5, 5.41) is 2.83. The predicted molar refractivity (Wildman–Crippen MR) is 40.9 cm³/mol. The van der Waals surface area contributed by atoms with E-state index in [0.29, 0.717) is 6.61 Å². The second-order valence-electron chi connectivity index (χ2n) is 3.67. The second kappa shape index (κ2) is 2.43. The Kier molecular flexibility index (Phi) is 1.45. The molecule has 3 aliphatic heterocycles. The van der Waals surface area contributed by atoms with Gasteiger partial charge in [-0.3, -0.25) is 4.79 Å². The SMILES string of the molecule is CC(=O)NC1C2COC(O2)C2OC12. The zero-order chi connectivity index (χ0) is 9.00. The van der Waals surface area contributed by atoms with Crippen LogP contribution in [0.4, 0.5) is 0 Å². The number of amides is 1. The molecule has 13 heavy (non-hydrogen) atoms. The molecule has 72 valence electrons. The van der Waals surface area contributed by atoms with Crippen molar-refractivity contribution < 1.29 is 19.0 Å². The second-order valence-corrected chi connectivity index (χ2v) is 3.67. The number of hydrogen-bond donors (Lipinski definition) is 1. The maximum Gasteiger partial charge on any atom is 0.217 e. The summed E-state index contributed by atoms with van der Waals surface area (Å²) in [6.45, 7) is 2.06. The van der Waals surface area contributed by atoms with Gasteiger partial charge in [-0.2, -0.15) is 0 Å². The van der Waals surface area contributed by atoms with Crippen LogP contribution in [-0.2, 0) is 19.0 Å². The molecular weight excluding hydrogens is 174 g/mol. The Balaban J connectivity index is 1.76. The van der Waals surface area contributed by atoms with Gasteiger partial charge in [0.1, 0.15) is 18.3 Å². The van der Waals surface area contributed by atoms with Crippen molar-refractivity contribution in [2.45, 2.75) is 37.6 Å². The minimum absolute atomic E-state index is 0.0266. The Morgan fingerprint density at radius 2 is 2.23 bits per heavy atom. The molecule has 2 bridgehead atoms. The van der Waals surface area contributed by atoms with Crippen LogP contribution in [0.25, 0.3) is 0 Å². The van der Waals surface area contributed by atoms with Gasteiger partial charge in [0, 0.05) is 6.92 Å². The van der Waals surface area contributed by atoms with E-state index >= 15 is 0 Å². The molecular formula is C8H11NO4. The quantitative estimate of drug-likeness (QED) is 0.533. The van der Waals surface area contributed by atoms with Crippen molar-refractivity contribution in [2.24, 2.45) is 0 Å². The van der Waals surface area contributed by atoms with Crippen LogP contribution >= 0.6 is 0 Å². The average molecular weight is 185 g/mol. The first-order valence-corrected chi connectivity index (χ1v) is 4.45. The Labute approximate surface area is 75.3 Å². The van der Waals surface area contributed by atoms with Gasteiger partial charge in [0.25, 0.3) is 0 Å². The summed E-state index contributed by atoms with van der Waals surface area (Å²) in [6, 6.07) is -0.0266. The molecule has 5 heteroatoms. The lowest BCUT2D eigenvalue weighted by Crippen LogP contribution is -2.50. The number of carbonyl (C=O) groups is 1. The topological polar surface area (TPSA) is 60.1 Å². The first-order valence-electron chi connectivity index (χ1n) is 4.45. The van der Waals surface area contributed by atoms with Gasteiger partial charge < -0.3 is 19.5 Å². The van der Waals surface area contributed by atoms with Crippen molar-refractivity contribution in [2.75, 3.05) is 6.61 Å². The average Bonchev–Trinajstić information content (AvgIpc) is 2.74. The van der Waals surface area contributed by atoms with Crippen LogP contribution in [0.15, 0.2) is 0 Å². The summed E-state index contributed by atoms with van der Waals surface area (Å²) in [5.41, 5.74) is 0. The van der Waals surface area contributed by atoms with Crippen molar-refractivity contribution in [1.29, 1.82) is 0 Å². The van der Waals surface area contributed by atoms with Gasteiger partial charge in [-0.15, -0.1) is 0 Å². The molecule has 5 nitrogen and oxygen atoms in total. The molecule has 0 aromatic heterocycles. The number of carbonyl (C=O) groups excluding carboxylic acids is 1. The molecule has 1 amide bonds. The van der Waals surface area contributed by atoms with E-state index in [1.165, 1.54) is 6.92 Å². The predicted octanol–water partition coefficient (Wildman–Crippen LogP) is -0.986. The van der Waals surface area contributed by atoms with E-state index in [-0.39, 0.29) is 36.6 Å². The van der Waals surface area contributed by atoms with Crippen molar-refractivity contribution >= 4 is 5.91 Å². The van der Waals surface area contributed by atoms with Crippen molar-refractivity contribution in [3.8, 4) is 0 Å². The summed E-state index contributed by atoms with van der Waals surface area (Å²) in [7, 11) is 0. The van der Waals surface area contributed by atoms with Crippen molar-refractivity contribution in [1.82, 2.24) is 5.32 Å². The fourth-order valence-corrected chi connectivity index (χ4v) is 2.07. The Hall–Kier alpha value is -0.650. The van der Waals surface area contributed by atoms with E-state index in [4.69, 9.17) is 14.2 Å². The molecule has 3 aliphatic rings. The van der Waals surface area contributed by atoms with Gasteiger partial charge in [0.15, 0.2) is 6.29 Å². The number of hydrogen-bond acceptors (Lipinski definition) is 4. The fraction of sp³-hybridized carbons (Fsp3) is 0.875. The molecule has 0 aromatic rings. The highest BCUT2D eigenvalue weighted by molar-refractivity contribution is 5.73. The molecule has 3 heterocycles. The van der Waals surface area contributed by atoms with Crippen molar-refractivity contribution in [3.63, 3.8) is 0 Å². The third-order valence-corrected chi connectivity index (χ3v) is 2.69. The number of epoxide rings is 1. The normalized spacial score (nSPS) is 51.3. The highest BCUT2D eigenvalue weighted by atomic mass is 16.8. The van der Waals surface area contributed by atoms with Crippen LogP contribution in [0, 0.1) is 0 Å². The largest absolute Gasteiger partial charge is 0.362 e. The van der Waals surface area contributed by atoms with Gasteiger partial charge in [0.05, 0.1) is 12.6 Å². The van der Waals surface area contributed by atoms with Crippen LogP contribution < -0.4 is 5.32 Å². The molecule has 3 saturated heterocycles. The third kappa shape index (κ3) is 1.08. The van der Waals surface area contributed by atoms with Gasteiger partial charge in [-0.25, -0.2) is 0 Å². The molecule has 0 saturated carbocycles. The van der Waals surface area contributed by atoms with E-state index in [1.54, 1.807) is 0 Å². The molecule has 3 fully saturated rings. The smallest absolute Gasteiger partial charge is 0.217 e. The third-order valence-electron chi connectivity index (χ3n) is 2.69. The molecule has 3 rings (SSSR count). The summed E-state index contributed by atoms with van der Waals surface area (Å²) in [6.07, 6.45) is -0.0802. The zero-order valence-corrected chi connectivity index (χ0v) is 7.23. The lowest BCUT2D eigenvalue weighted by atomic mass is 10.0. The first-order chi connectivity index (χ1) is 6.25. The van der Waals surface area contributed by atoms with E-state index in [2.05, 4.69) is 5.32 Å².